The Kier molecular flexibility index (Phi) is 3.65. The number of aromatic amines is 1. The van der Waals surface area contributed by atoms with Gasteiger partial charge in [0.2, 0.25) is 0 Å². The first kappa shape index (κ1) is 11.2. The number of para-hydroxylation sites is 1. The number of H-pyrrole nitrogens is 1. The molecule has 0 bridgehead atoms. The molecule has 0 spiro atoms. The summed E-state index contributed by atoms with van der Waals surface area (Å²) in [5, 5.41) is 11.1. The molecule has 2 rings (SSSR count). The van der Waals surface area contributed by atoms with Gasteiger partial charge < -0.3 is 0 Å². The van der Waals surface area contributed by atoms with Crippen molar-refractivity contribution in [2.75, 3.05) is 0 Å². The Hall–Kier alpha value is -1.25. The van der Waals surface area contributed by atoms with Gasteiger partial charge in [0, 0.05) is 0 Å². The van der Waals surface area contributed by atoms with Crippen molar-refractivity contribution in [3.05, 3.63) is 36.0 Å². The second-order valence-corrected chi connectivity index (χ2v) is 5.87. The van der Waals surface area contributed by atoms with E-state index in [-0.39, 0.29) is 15.0 Å². The van der Waals surface area contributed by atoms with Gasteiger partial charge in [-0.15, -0.1) is 0 Å². The fraction of sp³-hybridized carbons (Fsp3) is 0.250. The van der Waals surface area contributed by atoms with E-state index in [0.29, 0.717) is 5.32 Å². The maximum absolute atomic E-state index is 10.4. The molecule has 0 saturated heterocycles. The summed E-state index contributed by atoms with van der Waals surface area (Å²) in [6.45, 7) is 0. The number of carbonyl (C=O) groups is 1. The molecular formula is C12H13NO2Se. The Labute approximate surface area is 100 Å². The van der Waals surface area contributed by atoms with E-state index in [1.54, 1.807) is 0 Å². The number of aromatic nitrogens is 1. The number of benzene rings is 1. The molecule has 0 fully saturated rings. The predicted molar refractivity (Wildman–Crippen MR) is 65.0 cm³/mol. The van der Waals surface area contributed by atoms with Crippen molar-refractivity contribution in [2.45, 2.75) is 17.1 Å². The van der Waals surface area contributed by atoms with Gasteiger partial charge in [-0.25, -0.2) is 0 Å². The fourth-order valence-corrected chi connectivity index (χ4v) is 3.11. The van der Waals surface area contributed by atoms with Gasteiger partial charge in [0.15, 0.2) is 0 Å². The topological polar surface area (TPSA) is 53.1 Å². The van der Waals surface area contributed by atoms with Gasteiger partial charge in [-0.3, -0.25) is 0 Å². The average Bonchev–Trinajstić information content (AvgIpc) is 2.68. The van der Waals surface area contributed by atoms with Crippen LogP contribution in [0.2, 0.25) is 10.6 Å². The van der Waals surface area contributed by atoms with Crippen molar-refractivity contribution in [2.24, 2.45) is 0 Å². The van der Waals surface area contributed by atoms with Crippen molar-refractivity contribution in [1.29, 1.82) is 0 Å². The minimum atomic E-state index is -0.682. The summed E-state index contributed by atoms with van der Waals surface area (Å²) in [6.07, 6.45) is 3.00. The Morgan fingerprint density at radius 2 is 2.19 bits per heavy atom. The minimum absolute atomic E-state index is 0.213. The maximum atomic E-state index is 10.4. The Morgan fingerprint density at radius 3 is 3.00 bits per heavy atom. The van der Waals surface area contributed by atoms with Gasteiger partial charge in [0.05, 0.1) is 0 Å². The second kappa shape index (κ2) is 5.19. The fourth-order valence-electron chi connectivity index (χ4n) is 1.68. The second-order valence-electron chi connectivity index (χ2n) is 3.56. The number of carboxylic acid groups (broad SMARTS) is 1. The van der Waals surface area contributed by atoms with Crippen LogP contribution in [0, 0.1) is 0 Å². The number of rotatable bonds is 5. The van der Waals surface area contributed by atoms with Crippen molar-refractivity contribution in [3.8, 4) is 0 Å². The van der Waals surface area contributed by atoms with Crippen molar-refractivity contribution >= 4 is 31.8 Å². The number of carboxylic acids is 1. The Morgan fingerprint density at radius 1 is 1.38 bits per heavy atom. The van der Waals surface area contributed by atoms with E-state index in [4.69, 9.17) is 5.11 Å². The van der Waals surface area contributed by atoms with Gasteiger partial charge >= 0.3 is 99.8 Å². The summed E-state index contributed by atoms with van der Waals surface area (Å²) >= 11 is 0.213. The van der Waals surface area contributed by atoms with E-state index >= 15 is 0 Å². The number of hydrogen-bond donors (Lipinski definition) is 2. The third kappa shape index (κ3) is 2.65. The molecule has 0 radical (unpaired) electrons. The molecule has 3 nitrogen and oxygen atoms in total. The summed E-state index contributed by atoms with van der Waals surface area (Å²) < 4.78 is 0. The number of fused-ring (bicyclic) bond motifs is 1. The van der Waals surface area contributed by atoms with Crippen LogP contribution in [0.4, 0.5) is 0 Å². The molecule has 2 N–H and O–H groups in total. The van der Waals surface area contributed by atoms with Crippen LogP contribution in [0.25, 0.3) is 10.9 Å². The monoisotopic (exact) mass is 283 g/mol. The molecule has 4 heteroatoms. The first-order chi connectivity index (χ1) is 7.77. The first-order valence-electron chi connectivity index (χ1n) is 5.12. The van der Waals surface area contributed by atoms with E-state index in [1.807, 2.05) is 18.3 Å². The van der Waals surface area contributed by atoms with E-state index in [9.17, 15) is 4.79 Å². The zero-order chi connectivity index (χ0) is 11.4. The van der Waals surface area contributed by atoms with Crippen molar-refractivity contribution in [1.82, 2.24) is 4.98 Å². The van der Waals surface area contributed by atoms with Gasteiger partial charge in [-0.1, -0.05) is 0 Å². The number of hydrogen-bond acceptors (Lipinski definition) is 1. The molecule has 2 aromatic rings. The summed E-state index contributed by atoms with van der Waals surface area (Å²) in [6, 6.07) is 8.20. The van der Waals surface area contributed by atoms with Crippen LogP contribution in [0.5, 0.6) is 0 Å². The summed E-state index contributed by atoms with van der Waals surface area (Å²) in [5.41, 5.74) is 2.45. The van der Waals surface area contributed by atoms with Crippen LogP contribution in [0.1, 0.15) is 5.56 Å². The predicted octanol–water partition coefficient (Wildman–Crippen LogP) is 2.34. The van der Waals surface area contributed by atoms with Gasteiger partial charge in [0.1, 0.15) is 0 Å². The molecule has 1 heterocycles. The molecule has 16 heavy (non-hydrogen) atoms. The molecule has 0 aliphatic rings. The van der Waals surface area contributed by atoms with E-state index in [0.717, 1.165) is 17.3 Å². The molecule has 1 aromatic heterocycles. The SMILES string of the molecule is O=C(O)C[Se]CCc1c[nH]c2ccccc12. The number of nitrogens with one attached hydrogen (secondary N) is 1. The van der Waals surface area contributed by atoms with E-state index < -0.39 is 5.97 Å². The molecular weight excluding hydrogens is 269 g/mol. The summed E-state index contributed by atoms with van der Waals surface area (Å²) in [4.78, 5) is 13.6. The van der Waals surface area contributed by atoms with Crippen LogP contribution in [0.3, 0.4) is 0 Å². The zero-order valence-corrected chi connectivity index (χ0v) is 10.5. The van der Waals surface area contributed by atoms with Gasteiger partial charge in [-0.05, 0) is 0 Å². The zero-order valence-electron chi connectivity index (χ0n) is 8.77. The van der Waals surface area contributed by atoms with E-state index in [2.05, 4.69) is 17.1 Å². The molecule has 0 atom stereocenters. The number of aliphatic carboxylic acids is 1. The van der Waals surface area contributed by atoms with Crippen LogP contribution < -0.4 is 0 Å². The van der Waals surface area contributed by atoms with E-state index in [1.165, 1.54) is 10.9 Å². The normalized spacial score (nSPS) is 10.8. The molecule has 84 valence electrons. The Balaban J connectivity index is 1.97. The molecule has 0 unspecified atom stereocenters. The number of aryl methyl sites for hydroxylation is 1. The quantitative estimate of drug-likeness (QED) is 0.653. The molecule has 0 saturated carbocycles. The molecule has 1 aromatic carbocycles. The van der Waals surface area contributed by atoms with Gasteiger partial charge in [0.25, 0.3) is 0 Å². The third-order valence-corrected chi connectivity index (χ3v) is 4.40. The third-order valence-electron chi connectivity index (χ3n) is 2.42. The summed E-state index contributed by atoms with van der Waals surface area (Å²) in [7, 11) is 0. The van der Waals surface area contributed by atoms with Crippen LogP contribution >= 0.6 is 0 Å². The standard InChI is InChI=1S/C12H13NO2Se/c14-12(15)8-16-6-5-9-7-13-11-4-2-1-3-10(9)11/h1-4,7,13H,5-6,8H2,(H,14,15). The average molecular weight is 282 g/mol. The van der Waals surface area contributed by atoms with Crippen LogP contribution in [-0.2, 0) is 11.2 Å². The molecule has 0 aliphatic heterocycles. The van der Waals surface area contributed by atoms with Crippen molar-refractivity contribution in [3.63, 3.8) is 0 Å². The summed E-state index contributed by atoms with van der Waals surface area (Å²) in [5.74, 6) is -0.682. The van der Waals surface area contributed by atoms with Gasteiger partial charge in [-0.2, -0.15) is 0 Å². The molecule has 0 amide bonds. The van der Waals surface area contributed by atoms with Crippen molar-refractivity contribution < 1.29 is 9.90 Å². The van der Waals surface area contributed by atoms with Crippen LogP contribution in [0.15, 0.2) is 30.5 Å². The Bertz CT molecular complexity index is 492. The first-order valence-corrected chi connectivity index (χ1v) is 7.54. The molecule has 0 aliphatic carbocycles. The van der Waals surface area contributed by atoms with Crippen LogP contribution in [-0.4, -0.2) is 31.0 Å².